The van der Waals surface area contributed by atoms with E-state index >= 15 is 4.39 Å². The van der Waals surface area contributed by atoms with Crippen molar-refractivity contribution in [1.29, 1.82) is 5.26 Å². The molecule has 0 radical (unpaired) electrons. The molecule has 4 aromatic rings. The first kappa shape index (κ1) is 23.8. The van der Waals surface area contributed by atoms with Crippen molar-refractivity contribution in [3.63, 3.8) is 0 Å². The van der Waals surface area contributed by atoms with Crippen molar-refractivity contribution in [3.05, 3.63) is 54.2 Å². The maximum Gasteiger partial charge on any atom is 0.219 e. The van der Waals surface area contributed by atoms with Crippen LogP contribution in [0.5, 0.6) is 0 Å². The number of nitrogen functional groups attached to an aromatic ring is 1. The van der Waals surface area contributed by atoms with Crippen LogP contribution in [0, 0.1) is 22.6 Å². The highest BCUT2D eigenvalue weighted by Gasteiger charge is 2.49. The molecule has 1 saturated carbocycles. The van der Waals surface area contributed by atoms with Crippen molar-refractivity contribution >= 4 is 28.6 Å². The number of ether oxygens (including phenoxy) is 1. The molecule has 2 fully saturated rings. The van der Waals surface area contributed by atoms with Crippen LogP contribution in [-0.4, -0.2) is 57.0 Å². The molecule has 4 heterocycles. The van der Waals surface area contributed by atoms with Gasteiger partial charge in [0.1, 0.15) is 16.7 Å². The van der Waals surface area contributed by atoms with E-state index in [2.05, 4.69) is 25.9 Å². The van der Waals surface area contributed by atoms with Crippen molar-refractivity contribution < 1.29 is 13.9 Å². The average molecular weight is 511 g/mol. The van der Waals surface area contributed by atoms with Crippen LogP contribution in [0.2, 0.25) is 0 Å². The van der Waals surface area contributed by atoms with Crippen LogP contribution in [0.25, 0.3) is 33.5 Å². The second kappa shape index (κ2) is 9.39. The Balaban J connectivity index is 1.43. The monoisotopic (exact) mass is 510 g/mol. The summed E-state index contributed by atoms with van der Waals surface area (Å²) < 4.78 is 20.5. The Morgan fingerprint density at radius 3 is 2.53 bits per heavy atom. The number of hydrogen-bond acceptors (Lipinski definition) is 10. The number of nitriles is 1. The van der Waals surface area contributed by atoms with E-state index in [1.54, 1.807) is 36.8 Å². The number of nitrogens with zero attached hydrogens (tertiary/aromatic N) is 7. The van der Waals surface area contributed by atoms with Gasteiger partial charge < -0.3 is 15.4 Å². The number of nitrogens with two attached hydrogens (primary N) is 1. The summed E-state index contributed by atoms with van der Waals surface area (Å²) in [6.07, 6.45) is 5.93. The van der Waals surface area contributed by atoms with Crippen molar-refractivity contribution in [2.75, 3.05) is 36.9 Å². The minimum atomic E-state index is -0.881. The fourth-order valence-electron chi connectivity index (χ4n) is 4.56. The summed E-state index contributed by atoms with van der Waals surface area (Å²) in [5.74, 6) is 0.598. The Morgan fingerprint density at radius 1 is 1.08 bits per heavy atom. The lowest BCUT2D eigenvalue weighted by atomic mass is 9.94. The number of ketones is 1. The molecule has 2 N–H and O–H groups in total. The zero-order valence-corrected chi connectivity index (χ0v) is 20.4. The largest absolute Gasteiger partial charge is 0.378 e. The number of pyridine rings is 1. The number of halogens is 1. The molecule has 190 valence electrons. The van der Waals surface area contributed by atoms with Gasteiger partial charge in [0.2, 0.25) is 5.95 Å². The zero-order valence-electron chi connectivity index (χ0n) is 20.4. The van der Waals surface area contributed by atoms with Gasteiger partial charge in [-0.1, -0.05) is 6.07 Å². The molecule has 1 aromatic carbocycles. The molecule has 38 heavy (non-hydrogen) atoms. The maximum atomic E-state index is 15.0. The molecule has 0 bridgehead atoms. The molecule has 6 rings (SSSR count). The first-order chi connectivity index (χ1) is 18.5. The molecule has 1 aliphatic carbocycles. The molecular weight excluding hydrogens is 487 g/mol. The molecule has 1 saturated heterocycles. The van der Waals surface area contributed by atoms with Gasteiger partial charge in [-0.3, -0.25) is 9.78 Å². The minimum Gasteiger partial charge on any atom is -0.378 e. The summed E-state index contributed by atoms with van der Waals surface area (Å²) in [6.45, 7) is 2.41. The topological polar surface area (TPSA) is 144 Å². The van der Waals surface area contributed by atoms with Crippen LogP contribution < -0.4 is 10.6 Å². The third-order valence-electron chi connectivity index (χ3n) is 6.96. The molecule has 0 spiro atoms. The number of rotatable bonds is 6. The van der Waals surface area contributed by atoms with Crippen molar-refractivity contribution in [2.24, 2.45) is 5.41 Å². The van der Waals surface area contributed by atoms with Crippen LogP contribution in [0.3, 0.4) is 0 Å². The summed E-state index contributed by atoms with van der Waals surface area (Å²) in [6, 6.07) is 8.45. The summed E-state index contributed by atoms with van der Waals surface area (Å²) >= 11 is 0. The number of aromatic nitrogens is 5. The standard InChI is InChI=1S/C27H23FN8O2/c28-20-2-1-16(10-22(37)27(15-29)3-4-27)9-19(20)17-11-21-23(31-12-17)25(36-5-7-38-8-6-36)35-24(34-21)18-13-32-26(30)33-14-18/h1-2,9,11-14H,3-8,10H2,(H2,30,32,33). The lowest BCUT2D eigenvalue weighted by molar-refractivity contribution is -0.121. The average Bonchev–Trinajstić information content (AvgIpc) is 3.76. The van der Waals surface area contributed by atoms with Crippen LogP contribution in [-0.2, 0) is 16.0 Å². The first-order valence-corrected chi connectivity index (χ1v) is 12.3. The third-order valence-corrected chi connectivity index (χ3v) is 6.96. The predicted octanol–water partition coefficient (Wildman–Crippen LogP) is 3.12. The van der Waals surface area contributed by atoms with Gasteiger partial charge in [0, 0.05) is 49.2 Å². The summed E-state index contributed by atoms with van der Waals surface area (Å²) in [5.41, 5.74) is 7.90. The van der Waals surface area contributed by atoms with Gasteiger partial charge in [-0.15, -0.1) is 0 Å². The molecule has 0 unspecified atom stereocenters. The van der Waals surface area contributed by atoms with Crippen LogP contribution >= 0.6 is 0 Å². The van der Waals surface area contributed by atoms with E-state index in [-0.39, 0.29) is 18.2 Å². The highest BCUT2D eigenvalue weighted by Crippen LogP contribution is 2.46. The molecule has 2 aliphatic rings. The van der Waals surface area contributed by atoms with Gasteiger partial charge >= 0.3 is 0 Å². The van der Waals surface area contributed by atoms with E-state index in [0.717, 1.165) is 0 Å². The van der Waals surface area contributed by atoms with Gasteiger partial charge in [0.25, 0.3) is 0 Å². The highest BCUT2D eigenvalue weighted by atomic mass is 19.1. The van der Waals surface area contributed by atoms with Gasteiger partial charge in [-0.2, -0.15) is 5.26 Å². The molecule has 1 aliphatic heterocycles. The molecule has 11 heteroatoms. The van der Waals surface area contributed by atoms with E-state index in [1.165, 1.54) is 6.07 Å². The lowest BCUT2D eigenvalue weighted by Gasteiger charge is -2.28. The second-order valence-corrected chi connectivity index (χ2v) is 9.50. The summed E-state index contributed by atoms with van der Waals surface area (Å²) in [7, 11) is 0. The Morgan fingerprint density at radius 2 is 1.82 bits per heavy atom. The fraction of sp³-hybridized carbons (Fsp3) is 0.296. The van der Waals surface area contributed by atoms with Gasteiger partial charge in [-0.25, -0.2) is 24.3 Å². The number of anilines is 2. The van der Waals surface area contributed by atoms with Crippen molar-refractivity contribution in [3.8, 4) is 28.6 Å². The summed E-state index contributed by atoms with van der Waals surface area (Å²) in [4.78, 5) is 36.9. The normalized spacial score (nSPS) is 16.3. The summed E-state index contributed by atoms with van der Waals surface area (Å²) in [5, 5.41) is 9.34. The van der Waals surface area contributed by atoms with E-state index in [1.807, 2.05) is 0 Å². The third kappa shape index (κ3) is 4.39. The number of morpholine rings is 1. The number of Topliss-reactive ketones (excluding diaryl/α,β-unsaturated/α-hetero) is 1. The fourth-order valence-corrected chi connectivity index (χ4v) is 4.56. The number of hydrogen-bond donors (Lipinski definition) is 1. The molecule has 0 atom stereocenters. The number of fused-ring (bicyclic) bond motifs is 1. The molecule has 3 aromatic heterocycles. The first-order valence-electron chi connectivity index (χ1n) is 12.3. The number of carbonyl (C=O) groups is 1. The molecule has 0 amide bonds. The van der Waals surface area contributed by atoms with Gasteiger partial charge in [-0.05, 0) is 36.6 Å². The van der Waals surface area contributed by atoms with Crippen LogP contribution in [0.4, 0.5) is 16.2 Å². The molecular formula is C27H23FN8O2. The van der Waals surface area contributed by atoms with Gasteiger partial charge in [0.05, 0.1) is 30.4 Å². The predicted molar refractivity (Wildman–Crippen MR) is 137 cm³/mol. The highest BCUT2D eigenvalue weighted by molar-refractivity contribution is 5.92. The Hall–Kier alpha value is -4.56. The Kier molecular flexibility index (Phi) is 5.88. The maximum absolute atomic E-state index is 15.0. The Bertz CT molecular complexity index is 1590. The SMILES string of the molecule is N#CC1(C(=O)Cc2ccc(F)c(-c3cnc4c(N5CCOCC5)nc(-c5cnc(N)nc5)nc4c3)c2)CC1. The molecule has 10 nitrogen and oxygen atoms in total. The smallest absolute Gasteiger partial charge is 0.219 e. The van der Waals surface area contributed by atoms with Crippen LogP contribution in [0.15, 0.2) is 42.9 Å². The van der Waals surface area contributed by atoms with E-state index < -0.39 is 11.2 Å². The second-order valence-electron chi connectivity index (χ2n) is 9.50. The number of benzene rings is 1. The van der Waals surface area contributed by atoms with Crippen LogP contribution in [0.1, 0.15) is 18.4 Å². The van der Waals surface area contributed by atoms with E-state index in [0.29, 0.717) is 84.1 Å². The quantitative estimate of drug-likeness (QED) is 0.411. The lowest BCUT2D eigenvalue weighted by Crippen LogP contribution is -2.37. The van der Waals surface area contributed by atoms with Crippen molar-refractivity contribution in [2.45, 2.75) is 19.3 Å². The Labute approximate surface area is 217 Å². The van der Waals surface area contributed by atoms with Gasteiger partial charge in [0.15, 0.2) is 17.4 Å². The number of carbonyl (C=O) groups excluding carboxylic acids is 1. The zero-order chi connectivity index (χ0) is 26.3. The van der Waals surface area contributed by atoms with E-state index in [9.17, 15) is 10.1 Å². The van der Waals surface area contributed by atoms with Crippen molar-refractivity contribution in [1.82, 2.24) is 24.9 Å². The van der Waals surface area contributed by atoms with E-state index in [4.69, 9.17) is 20.4 Å². The minimum absolute atomic E-state index is 0.0759.